The highest BCUT2D eigenvalue weighted by Crippen LogP contribution is 2.64. The molecule has 4 unspecified atom stereocenters. The molecule has 1 aliphatic heterocycles. The van der Waals surface area contributed by atoms with Gasteiger partial charge in [0.15, 0.2) is 0 Å². The number of rotatable bonds is 1. The van der Waals surface area contributed by atoms with Crippen LogP contribution >= 0.6 is 11.6 Å². The first-order valence-electron chi connectivity index (χ1n) is 11.6. The molecule has 1 aromatic rings. The average molecular weight is 420 g/mol. The van der Waals surface area contributed by atoms with Gasteiger partial charge in [-0.05, 0) is 80.4 Å². The van der Waals surface area contributed by atoms with Crippen LogP contribution in [0.15, 0.2) is 41.5 Å². The predicted molar refractivity (Wildman–Crippen MR) is 116 cm³/mol. The second-order valence-electron chi connectivity index (χ2n) is 10.6. The van der Waals surface area contributed by atoms with Crippen LogP contribution in [0.3, 0.4) is 0 Å². The van der Waals surface area contributed by atoms with Crippen LogP contribution in [-0.4, -0.2) is 11.8 Å². The lowest BCUT2D eigenvalue weighted by atomic mass is 9.53. The molecule has 0 spiro atoms. The fraction of sp³-hybridized carbons (Fsp3) is 0.538. The van der Waals surface area contributed by atoms with E-state index in [-0.39, 0.29) is 35.5 Å². The van der Waals surface area contributed by atoms with Crippen molar-refractivity contribution in [1.29, 1.82) is 0 Å². The van der Waals surface area contributed by atoms with E-state index in [2.05, 4.69) is 12.2 Å². The highest BCUT2D eigenvalue weighted by Gasteiger charge is 2.63. The minimum absolute atomic E-state index is 0.0193. The van der Waals surface area contributed by atoms with Crippen molar-refractivity contribution in [1.82, 2.24) is 0 Å². The van der Waals surface area contributed by atoms with E-state index >= 15 is 0 Å². The van der Waals surface area contributed by atoms with E-state index in [4.69, 9.17) is 11.6 Å². The fourth-order valence-corrected chi connectivity index (χ4v) is 8.54. The van der Waals surface area contributed by atoms with Crippen molar-refractivity contribution < 1.29 is 9.59 Å². The molecule has 6 bridgehead atoms. The van der Waals surface area contributed by atoms with Crippen LogP contribution in [0.5, 0.6) is 0 Å². The molecule has 2 amide bonds. The Labute approximate surface area is 182 Å². The number of imide groups is 1. The topological polar surface area (TPSA) is 37.4 Å². The number of carbonyl (C=O) groups excluding carboxylic acids is 2. The minimum atomic E-state index is -0.217. The number of aryl methyl sites for hydroxylation is 1. The van der Waals surface area contributed by atoms with Crippen molar-refractivity contribution >= 4 is 29.1 Å². The number of hydrogen-bond donors (Lipinski definition) is 0. The molecule has 0 radical (unpaired) electrons. The number of nitrogens with zero attached hydrogens (tertiary/aromatic N) is 1. The molecule has 3 nitrogen and oxygen atoms in total. The molecule has 5 saturated carbocycles. The van der Waals surface area contributed by atoms with Crippen molar-refractivity contribution in [2.24, 2.45) is 47.3 Å². The van der Waals surface area contributed by atoms with E-state index in [0.29, 0.717) is 10.7 Å². The Balaban J connectivity index is 1.30. The summed E-state index contributed by atoms with van der Waals surface area (Å²) in [4.78, 5) is 28.6. The maximum Gasteiger partial charge on any atom is 0.238 e. The zero-order valence-electron chi connectivity index (χ0n) is 17.2. The van der Waals surface area contributed by atoms with Crippen LogP contribution < -0.4 is 4.90 Å². The molecule has 8 rings (SSSR count). The summed E-state index contributed by atoms with van der Waals surface area (Å²) in [5.74, 6) is 3.08. The van der Waals surface area contributed by atoms with Gasteiger partial charge in [-0.1, -0.05) is 41.0 Å². The third kappa shape index (κ3) is 2.12. The van der Waals surface area contributed by atoms with Gasteiger partial charge in [-0.25, -0.2) is 4.90 Å². The van der Waals surface area contributed by atoms with Gasteiger partial charge in [-0.15, -0.1) is 0 Å². The van der Waals surface area contributed by atoms with Gasteiger partial charge in [0.2, 0.25) is 11.8 Å². The SMILES string of the molecule is Cc1ccc(Cl)cc1N1C(=O)C2C3C=CC(C3=C3C4CC5CC(C4)CC3C5)C2C1=O. The first-order chi connectivity index (χ1) is 14.5. The normalized spacial score (nSPS) is 42.8. The molecule has 0 aromatic heterocycles. The minimum Gasteiger partial charge on any atom is -0.274 e. The molecule has 1 heterocycles. The first-order valence-corrected chi connectivity index (χ1v) is 11.9. The fourth-order valence-electron chi connectivity index (χ4n) is 8.37. The summed E-state index contributed by atoms with van der Waals surface area (Å²) < 4.78 is 0. The van der Waals surface area contributed by atoms with Crippen molar-refractivity contribution in [2.75, 3.05) is 4.90 Å². The maximum atomic E-state index is 13.6. The highest BCUT2D eigenvalue weighted by molar-refractivity contribution is 6.31. The lowest BCUT2D eigenvalue weighted by Gasteiger charge is -2.52. The standard InChI is InChI=1S/C26H26ClNO2/c1-12-2-3-17(27)11-20(12)28-25(29)23-18-4-5-19(24(23)26(28)30)22(18)21-15-7-13-6-14(9-15)10-16(21)8-13/h2-5,11,13-16,18-19,23-24H,6-10H2,1H3. The van der Waals surface area contributed by atoms with Crippen molar-refractivity contribution in [3.05, 3.63) is 52.1 Å². The Bertz CT molecular complexity index is 1000. The van der Waals surface area contributed by atoms with Crippen LogP contribution in [-0.2, 0) is 9.59 Å². The molecule has 6 aliphatic carbocycles. The Morgan fingerprint density at radius 1 is 0.833 bits per heavy atom. The lowest BCUT2D eigenvalue weighted by molar-refractivity contribution is -0.123. The summed E-state index contributed by atoms with van der Waals surface area (Å²) >= 11 is 6.21. The second-order valence-corrected chi connectivity index (χ2v) is 11.1. The van der Waals surface area contributed by atoms with Crippen LogP contribution in [0.1, 0.15) is 37.7 Å². The first kappa shape index (κ1) is 17.8. The van der Waals surface area contributed by atoms with Crippen molar-refractivity contribution in [3.8, 4) is 0 Å². The van der Waals surface area contributed by atoms with E-state index < -0.39 is 0 Å². The number of anilines is 1. The largest absolute Gasteiger partial charge is 0.274 e. The van der Waals surface area contributed by atoms with Gasteiger partial charge in [-0.3, -0.25) is 9.59 Å². The van der Waals surface area contributed by atoms with Gasteiger partial charge in [0.1, 0.15) is 0 Å². The molecule has 1 saturated heterocycles. The second kappa shape index (κ2) is 5.88. The number of halogens is 1. The molecular weight excluding hydrogens is 394 g/mol. The monoisotopic (exact) mass is 419 g/mol. The molecular formula is C26H26ClNO2. The molecule has 4 heteroatoms. The number of allylic oxidation sites excluding steroid dienone is 4. The third-order valence-electron chi connectivity index (χ3n) is 9.18. The number of amides is 2. The number of fused-ring (bicyclic) bond motifs is 5. The molecule has 6 fully saturated rings. The summed E-state index contributed by atoms with van der Waals surface area (Å²) in [6.07, 6.45) is 11.3. The molecule has 154 valence electrons. The highest BCUT2D eigenvalue weighted by atomic mass is 35.5. The molecule has 30 heavy (non-hydrogen) atoms. The summed E-state index contributed by atoms with van der Waals surface area (Å²) in [7, 11) is 0. The summed E-state index contributed by atoms with van der Waals surface area (Å²) in [5, 5.41) is 0.561. The zero-order valence-corrected chi connectivity index (χ0v) is 17.9. The van der Waals surface area contributed by atoms with Gasteiger partial charge < -0.3 is 0 Å². The number of hydrogen-bond acceptors (Lipinski definition) is 2. The summed E-state index contributed by atoms with van der Waals surface area (Å²) in [6, 6.07) is 5.47. The van der Waals surface area contributed by atoms with E-state index in [0.717, 1.165) is 29.2 Å². The quantitative estimate of drug-likeness (QED) is 0.456. The van der Waals surface area contributed by atoms with E-state index in [1.165, 1.54) is 42.6 Å². The maximum absolute atomic E-state index is 13.6. The van der Waals surface area contributed by atoms with E-state index in [1.807, 2.05) is 19.1 Å². The van der Waals surface area contributed by atoms with E-state index in [1.54, 1.807) is 11.6 Å². The van der Waals surface area contributed by atoms with Gasteiger partial charge in [0.05, 0.1) is 17.5 Å². The van der Waals surface area contributed by atoms with Crippen molar-refractivity contribution in [2.45, 2.75) is 39.0 Å². The third-order valence-corrected chi connectivity index (χ3v) is 9.41. The van der Waals surface area contributed by atoms with Gasteiger partial charge in [0.25, 0.3) is 0 Å². The zero-order chi connectivity index (χ0) is 20.3. The Morgan fingerprint density at radius 3 is 1.97 bits per heavy atom. The average Bonchev–Trinajstić information content (AvgIpc) is 3.33. The van der Waals surface area contributed by atoms with Gasteiger partial charge >= 0.3 is 0 Å². The van der Waals surface area contributed by atoms with Gasteiger partial charge in [0, 0.05) is 16.9 Å². The van der Waals surface area contributed by atoms with Crippen molar-refractivity contribution in [3.63, 3.8) is 0 Å². The molecule has 4 atom stereocenters. The Hall–Kier alpha value is -1.87. The smallest absolute Gasteiger partial charge is 0.238 e. The van der Waals surface area contributed by atoms with Crippen LogP contribution in [0.25, 0.3) is 0 Å². The predicted octanol–water partition coefficient (Wildman–Crippen LogP) is 5.32. The summed E-state index contributed by atoms with van der Waals surface area (Å²) in [5.41, 5.74) is 4.75. The lowest BCUT2D eigenvalue weighted by Crippen LogP contribution is -2.41. The van der Waals surface area contributed by atoms with E-state index in [9.17, 15) is 9.59 Å². The Morgan fingerprint density at radius 2 is 1.40 bits per heavy atom. The molecule has 1 aromatic carbocycles. The Kier molecular flexibility index (Phi) is 3.48. The number of benzene rings is 1. The number of carbonyl (C=O) groups is 2. The molecule has 7 aliphatic rings. The van der Waals surface area contributed by atoms with Crippen LogP contribution in [0.2, 0.25) is 5.02 Å². The van der Waals surface area contributed by atoms with Crippen LogP contribution in [0.4, 0.5) is 5.69 Å². The van der Waals surface area contributed by atoms with Gasteiger partial charge in [-0.2, -0.15) is 0 Å². The molecule has 0 N–H and O–H groups in total. The van der Waals surface area contributed by atoms with Crippen LogP contribution in [0, 0.1) is 54.3 Å². The summed E-state index contributed by atoms with van der Waals surface area (Å²) in [6.45, 7) is 1.94.